The summed E-state index contributed by atoms with van der Waals surface area (Å²) >= 11 is 12.8. The van der Waals surface area contributed by atoms with E-state index in [9.17, 15) is 0 Å². The van der Waals surface area contributed by atoms with Crippen LogP contribution in [-0.4, -0.2) is 0 Å². The second-order valence-electron chi connectivity index (χ2n) is 3.27. The predicted molar refractivity (Wildman–Crippen MR) is 65.5 cm³/mol. The quantitative estimate of drug-likeness (QED) is 0.665. The minimum atomic E-state index is 0.508. The number of hydrogen-bond acceptors (Lipinski definition) is 0. The van der Waals surface area contributed by atoms with E-state index < -0.39 is 0 Å². The van der Waals surface area contributed by atoms with Gasteiger partial charge in [0.2, 0.25) is 0 Å². The van der Waals surface area contributed by atoms with Crippen LogP contribution in [0, 0.1) is 0 Å². The van der Waals surface area contributed by atoms with Crippen LogP contribution in [0.1, 0.15) is 30.9 Å². The molecule has 0 atom stereocenters. The molecule has 72 valence electrons. The Balaban J connectivity index is 3.25. The fraction of sp³-hybridized carbons (Fsp3) is 0.400. The first-order valence-corrected chi connectivity index (χ1v) is 6.22. The Labute approximate surface area is 101 Å². The Bertz CT molecular complexity index is 308. The molecule has 1 rings (SSSR count). The lowest BCUT2D eigenvalue weighted by atomic mass is 10.0. The molecule has 0 fully saturated rings. The van der Waals surface area contributed by atoms with Crippen LogP contribution in [0.25, 0.3) is 0 Å². The van der Waals surface area contributed by atoms with Crippen molar-refractivity contribution < 1.29 is 0 Å². The summed E-state index contributed by atoms with van der Waals surface area (Å²) in [5.74, 6) is 1.07. The molecule has 0 nitrogen and oxygen atoms in total. The maximum absolute atomic E-state index is 5.79. The van der Waals surface area contributed by atoms with Crippen molar-refractivity contribution >= 4 is 43.5 Å². The highest BCUT2D eigenvalue weighted by molar-refractivity contribution is 9.13. The van der Waals surface area contributed by atoms with E-state index in [1.165, 1.54) is 5.56 Å². The van der Waals surface area contributed by atoms with E-state index in [0.717, 1.165) is 14.5 Å². The summed E-state index contributed by atoms with van der Waals surface area (Å²) in [6.07, 6.45) is 0. The Hall–Kier alpha value is 0.470. The minimum Gasteiger partial charge on any atom is -0.122 e. The van der Waals surface area contributed by atoms with Gasteiger partial charge >= 0.3 is 0 Å². The molecule has 13 heavy (non-hydrogen) atoms. The normalized spacial score (nSPS) is 10.9. The van der Waals surface area contributed by atoms with E-state index in [1.54, 1.807) is 0 Å². The van der Waals surface area contributed by atoms with Crippen LogP contribution in [0.4, 0.5) is 0 Å². The van der Waals surface area contributed by atoms with E-state index in [1.807, 2.05) is 6.07 Å². The smallest absolute Gasteiger partial charge is 0.0474 e. The molecule has 0 unspecified atom stereocenters. The standard InChI is InChI=1S/C10H11Br2Cl/c1-6(2)8-3-7(5-13)4-9(11)10(8)12/h3-4,6H,5H2,1-2H3. The zero-order chi connectivity index (χ0) is 10.0. The Morgan fingerprint density at radius 1 is 1.31 bits per heavy atom. The van der Waals surface area contributed by atoms with Gasteiger partial charge in [0.1, 0.15) is 0 Å². The van der Waals surface area contributed by atoms with Gasteiger partial charge in [-0.3, -0.25) is 0 Å². The second kappa shape index (κ2) is 4.81. The van der Waals surface area contributed by atoms with E-state index in [-0.39, 0.29) is 0 Å². The number of hydrogen-bond donors (Lipinski definition) is 0. The van der Waals surface area contributed by atoms with Gasteiger partial charge < -0.3 is 0 Å². The van der Waals surface area contributed by atoms with E-state index in [4.69, 9.17) is 11.6 Å². The summed E-state index contributed by atoms with van der Waals surface area (Å²) in [5, 5.41) is 0. The van der Waals surface area contributed by atoms with Crippen LogP contribution < -0.4 is 0 Å². The zero-order valence-electron chi connectivity index (χ0n) is 7.57. The molecule has 0 aliphatic carbocycles. The van der Waals surface area contributed by atoms with Gasteiger partial charge in [0, 0.05) is 14.8 Å². The fourth-order valence-corrected chi connectivity index (χ4v) is 2.53. The van der Waals surface area contributed by atoms with Gasteiger partial charge in [-0.1, -0.05) is 19.9 Å². The molecule has 0 N–H and O–H groups in total. The lowest BCUT2D eigenvalue weighted by Gasteiger charge is -2.11. The molecule has 1 aromatic carbocycles. The third kappa shape index (κ3) is 2.71. The number of rotatable bonds is 2. The second-order valence-corrected chi connectivity index (χ2v) is 5.18. The first-order valence-electron chi connectivity index (χ1n) is 4.10. The lowest BCUT2D eigenvalue weighted by Crippen LogP contribution is -1.92. The van der Waals surface area contributed by atoms with Crippen molar-refractivity contribution in [2.75, 3.05) is 0 Å². The SMILES string of the molecule is CC(C)c1cc(CCl)cc(Br)c1Br. The van der Waals surface area contributed by atoms with Gasteiger partial charge in [0.15, 0.2) is 0 Å². The van der Waals surface area contributed by atoms with Crippen LogP contribution in [0.3, 0.4) is 0 Å². The highest BCUT2D eigenvalue weighted by Crippen LogP contribution is 2.33. The van der Waals surface area contributed by atoms with Crippen molar-refractivity contribution in [1.29, 1.82) is 0 Å². The number of alkyl halides is 1. The van der Waals surface area contributed by atoms with E-state index in [2.05, 4.69) is 51.8 Å². The highest BCUT2D eigenvalue weighted by atomic mass is 79.9. The number of benzene rings is 1. The maximum atomic E-state index is 5.79. The maximum Gasteiger partial charge on any atom is 0.0474 e. The molecule has 0 amide bonds. The molecular weight excluding hydrogens is 315 g/mol. The zero-order valence-corrected chi connectivity index (χ0v) is 11.5. The van der Waals surface area contributed by atoms with Crippen LogP contribution >= 0.6 is 43.5 Å². The summed E-state index contributed by atoms with van der Waals surface area (Å²) in [4.78, 5) is 0. The van der Waals surface area contributed by atoms with Crippen molar-refractivity contribution in [2.24, 2.45) is 0 Å². The summed E-state index contributed by atoms with van der Waals surface area (Å²) < 4.78 is 2.21. The van der Waals surface area contributed by atoms with Gasteiger partial charge in [-0.15, -0.1) is 11.6 Å². The van der Waals surface area contributed by atoms with Crippen molar-refractivity contribution in [2.45, 2.75) is 25.6 Å². The van der Waals surface area contributed by atoms with Gasteiger partial charge in [-0.25, -0.2) is 0 Å². The van der Waals surface area contributed by atoms with Crippen LogP contribution in [0.2, 0.25) is 0 Å². The minimum absolute atomic E-state index is 0.508. The third-order valence-corrected chi connectivity index (χ3v) is 4.24. The largest absolute Gasteiger partial charge is 0.122 e. The van der Waals surface area contributed by atoms with E-state index in [0.29, 0.717) is 11.8 Å². The summed E-state index contributed by atoms with van der Waals surface area (Å²) in [6, 6.07) is 4.19. The van der Waals surface area contributed by atoms with Gasteiger partial charge in [-0.05, 0) is 55.0 Å². The summed E-state index contributed by atoms with van der Waals surface area (Å²) in [6.45, 7) is 4.34. The topological polar surface area (TPSA) is 0 Å². The van der Waals surface area contributed by atoms with Gasteiger partial charge in [0.05, 0.1) is 0 Å². The van der Waals surface area contributed by atoms with Crippen molar-refractivity contribution in [3.05, 3.63) is 32.2 Å². The number of halogens is 3. The van der Waals surface area contributed by atoms with E-state index >= 15 is 0 Å². The summed E-state index contributed by atoms with van der Waals surface area (Å²) in [5.41, 5.74) is 2.45. The first-order chi connectivity index (χ1) is 6.06. The van der Waals surface area contributed by atoms with Crippen molar-refractivity contribution in [3.8, 4) is 0 Å². The van der Waals surface area contributed by atoms with Gasteiger partial charge in [-0.2, -0.15) is 0 Å². The lowest BCUT2D eigenvalue weighted by molar-refractivity contribution is 0.857. The summed E-state index contributed by atoms with van der Waals surface area (Å²) in [7, 11) is 0. The predicted octanol–water partition coefficient (Wildman–Crippen LogP) is 5.07. The fourth-order valence-electron chi connectivity index (χ4n) is 1.17. The first kappa shape index (κ1) is 11.5. The van der Waals surface area contributed by atoms with Gasteiger partial charge in [0.25, 0.3) is 0 Å². The molecule has 0 heterocycles. The molecule has 0 aliphatic rings. The molecular formula is C10H11Br2Cl. The van der Waals surface area contributed by atoms with Crippen molar-refractivity contribution in [3.63, 3.8) is 0 Å². The molecule has 1 aromatic rings. The molecule has 0 bridgehead atoms. The monoisotopic (exact) mass is 324 g/mol. The molecule has 0 saturated heterocycles. The van der Waals surface area contributed by atoms with Crippen LogP contribution in [0.15, 0.2) is 21.1 Å². The van der Waals surface area contributed by atoms with Crippen LogP contribution in [-0.2, 0) is 5.88 Å². The third-order valence-electron chi connectivity index (χ3n) is 1.89. The Morgan fingerprint density at radius 2 is 1.92 bits per heavy atom. The average Bonchev–Trinajstić information content (AvgIpc) is 2.09. The molecule has 0 spiro atoms. The highest BCUT2D eigenvalue weighted by Gasteiger charge is 2.09. The Morgan fingerprint density at radius 3 is 2.38 bits per heavy atom. The Kier molecular flexibility index (Phi) is 4.27. The van der Waals surface area contributed by atoms with Crippen molar-refractivity contribution in [1.82, 2.24) is 0 Å². The van der Waals surface area contributed by atoms with Crippen LogP contribution in [0.5, 0.6) is 0 Å². The molecule has 0 saturated carbocycles. The molecule has 0 aromatic heterocycles. The molecule has 0 radical (unpaired) electrons. The average molecular weight is 326 g/mol. The molecule has 3 heteroatoms. The molecule has 0 aliphatic heterocycles.